The van der Waals surface area contributed by atoms with Crippen LogP contribution in [0.15, 0.2) is 28.9 Å². The molecule has 1 aromatic heterocycles. The Morgan fingerprint density at radius 1 is 1.44 bits per heavy atom. The van der Waals surface area contributed by atoms with Crippen LogP contribution in [0.2, 0.25) is 0 Å². The summed E-state index contributed by atoms with van der Waals surface area (Å²) in [7, 11) is 3.19. The fraction of sp³-hybridized carbons (Fsp3) is 0.167. The average molecular weight is 310 g/mol. The van der Waals surface area contributed by atoms with E-state index in [4.69, 9.17) is 10.5 Å². The number of halogens is 1. The molecule has 0 aliphatic carbocycles. The number of aryl methyl sites for hydroxylation is 1. The zero-order valence-corrected chi connectivity index (χ0v) is 11.6. The van der Waals surface area contributed by atoms with Gasteiger partial charge in [-0.2, -0.15) is 5.10 Å². The monoisotopic (exact) mass is 309 g/mol. The van der Waals surface area contributed by atoms with Gasteiger partial charge in [0.05, 0.1) is 13.3 Å². The Balaban J connectivity index is 2.50. The summed E-state index contributed by atoms with van der Waals surface area (Å²) in [5.74, 6) is 0.265. The molecule has 1 heterocycles. The van der Waals surface area contributed by atoms with Gasteiger partial charge in [-0.05, 0) is 18.2 Å². The van der Waals surface area contributed by atoms with E-state index >= 15 is 0 Å². The van der Waals surface area contributed by atoms with Crippen molar-refractivity contribution in [1.29, 1.82) is 0 Å². The highest BCUT2D eigenvalue weighted by atomic mass is 79.9. The summed E-state index contributed by atoms with van der Waals surface area (Å²) in [6.07, 6.45) is 1.51. The normalized spacial score (nSPS) is 10.4. The summed E-state index contributed by atoms with van der Waals surface area (Å²) in [5.41, 5.74) is 7.13. The lowest BCUT2D eigenvalue weighted by atomic mass is 10.1. The molecule has 0 atom stereocenters. The maximum Gasteiger partial charge on any atom is 0.214 e. The van der Waals surface area contributed by atoms with Crippen LogP contribution in [0, 0.1) is 0 Å². The molecule has 0 saturated carbocycles. The molecular weight excluding hydrogens is 298 g/mol. The van der Waals surface area contributed by atoms with Crippen molar-refractivity contribution < 1.29 is 9.53 Å². The molecule has 0 aliphatic rings. The van der Waals surface area contributed by atoms with Crippen molar-refractivity contribution in [2.24, 2.45) is 7.05 Å². The van der Waals surface area contributed by atoms with Gasteiger partial charge in [0.2, 0.25) is 5.78 Å². The number of nitrogens with two attached hydrogens (primary N) is 1. The van der Waals surface area contributed by atoms with E-state index in [-0.39, 0.29) is 5.78 Å². The van der Waals surface area contributed by atoms with Crippen molar-refractivity contribution >= 4 is 27.4 Å². The molecule has 6 heteroatoms. The van der Waals surface area contributed by atoms with E-state index in [2.05, 4.69) is 21.0 Å². The lowest BCUT2D eigenvalue weighted by molar-refractivity contribution is 0.102. The first-order valence-corrected chi connectivity index (χ1v) is 5.99. The highest BCUT2D eigenvalue weighted by Gasteiger charge is 2.19. The van der Waals surface area contributed by atoms with Gasteiger partial charge in [-0.15, -0.1) is 0 Å². The second kappa shape index (κ2) is 4.81. The average Bonchev–Trinajstić information content (AvgIpc) is 2.68. The molecule has 0 saturated heterocycles. The number of ether oxygens (including phenoxy) is 1. The molecule has 1 aromatic carbocycles. The molecule has 0 amide bonds. The SMILES string of the molecule is COc1cnn(C)c1C(=O)c1cc(N)cc(Br)c1. The maximum absolute atomic E-state index is 12.4. The molecule has 2 N–H and O–H groups in total. The molecule has 94 valence electrons. The summed E-state index contributed by atoms with van der Waals surface area (Å²) in [6.45, 7) is 0. The van der Waals surface area contributed by atoms with Gasteiger partial charge < -0.3 is 10.5 Å². The predicted octanol–water partition coefficient (Wildman–Crippen LogP) is 2.00. The third-order valence-electron chi connectivity index (χ3n) is 2.52. The number of nitrogen functional groups attached to an aromatic ring is 1. The zero-order chi connectivity index (χ0) is 13.3. The molecule has 0 bridgehead atoms. The van der Waals surface area contributed by atoms with E-state index < -0.39 is 0 Å². The van der Waals surface area contributed by atoms with Crippen molar-refractivity contribution in [2.45, 2.75) is 0 Å². The zero-order valence-electron chi connectivity index (χ0n) is 9.98. The number of anilines is 1. The fourth-order valence-electron chi connectivity index (χ4n) is 1.71. The largest absolute Gasteiger partial charge is 0.493 e. The lowest BCUT2D eigenvalue weighted by Crippen LogP contribution is -2.10. The highest BCUT2D eigenvalue weighted by Crippen LogP contribution is 2.24. The van der Waals surface area contributed by atoms with E-state index in [0.29, 0.717) is 22.7 Å². The third-order valence-corrected chi connectivity index (χ3v) is 2.98. The highest BCUT2D eigenvalue weighted by molar-refractivity contribution is 9.10. The minimum absolute atomic E-state index is 0.181. The smallest absolute Gasteiger partial charge is 0.214 e. The molecule has 2 aromatic rings. The first-order valence-electron chi connectivity index (χ1n) is 5.19. The fourth-order valence-corrected chi connectivity index (χ4v) is 2.22. The van der Waals surface area contributed by atoms with Crippen LogP contribution in [0.5, 0.6) is 5.75 Å². The standard InChI is InChI=1S/C12H12BrN3O2/c1-16-11(10(18-2)6-15-16)12(17)7-3-8(13)5-9(14)4-7/h3-6H,14H2,1-2H3. The summed E-state index contributed by atoms with van der Waals surface area (Å²) in [6, 6.07) is 5.07. The number of aromatic nitrogens is 2. The van der Waals surface area contributed by atoms with Crippen molar-refractivity contribution in [1.82, 2.24) is 9.78 Å². The van der Waals surface area contributed by atoms with Crippen molar-refractivity contribution in [3.63, 3.8) is 0 Å². The maximum atomic E-state index is 12.4. The van der Waals surface area contributed by atoms with E-state index in [9.17, 15) is 4.79 Å². The van der Waals surface area contributed by atoms with Crippen LogP contribution < -0.4 is 10.5 Å². The number of hydrogen-bond donors (Lipinski definition) is 1. The Morgan fingerprint density at radius 2 is 2.17 bits per heavy atom. The number of rotatable bonds is 3. The van der Waals surface area contributed by atoms with Gasteiger partial charge in [0.15, 0.2) is 11.4 Å². The first kappa shape index (κ1) is 12.6. The van der Waals surface area contributed by atoms with Crippen molar-refractivity contribution in [3.8, 4) is 5.75 Å². The van der Waals surface area contributed by atoms with Crippen molar-refractivity contribution in [2.75, 3.05) is 12.8 Å². The number of carbonyl (C=O) groups is 1. The topological polar surface area (TPSA) is 70.1 Å². The molecule has 18 heavy (non-hydrogen) atoms. The Kier molecular flexibility index (Phi) is 3.38. The molecule has 0 fully saturated rings. The molecule has 0 radical (unpaired) electrons. The summed E-state index contributed by atoms with van der Waals surface area (Å²) >= 11 is 3.31. The molecule has 2 rings (SSSR count). The van der Waals surface area contributed by atoms with Gasteiger partial charge in [-0.1, -0.05) is 15.9 Å². The minimum Gasteiger partial charge on any atom is -0.493 e. The Morgan fingerprint density at radius 3 is 2.78 bits per heavy atom. The number of hydrogen-bond acceptors (Lipinski definition) is 4. The quantitative estimate of drug-likeness (QED) is 0.695. The number of ketones is 1. The third kappa shape index (κ3) is 2.24. The van der Waals surface area contributed by atoms with Gasteiger partial charge in [-0.25, -0.2) is 0 Å². The predicted molar refractivity (Wildman–Crippen MR) is 71.7 cm³/mol. The van der Waals surface area contributed by atoms with Gasteiger partial charge in [-0.3, -0.25) is 9.48 Å². The number of methoxy groups -OCH3 is 1. The summed E-state index contributed by atoms with van der Waals surface area (Å²) in [5, 5.41) is 4.01. The first-order chi connectivity index (χ1) is 8.52. The summed E-state index contributed by atoms with van der Waals surface area (Å²) in [4.78, 5) is 12.4. The van der Waals surface area contributed by atoms with Crippen LogP contribution in [0.25, 0.3) is 0 Å². The van der Waals surface area contributed by atoms with Gasteiger partial charge in [0, 0.05) is 22.8 Å². The van der Waals surface area contributed by atoms with Crippen LogP contribution in [0.4, 0.5) is 5.69 Å². The molecule has 5 nitrogen and oxygen atoms in total. The van der Waals surface area contributed by atoms with E-state index in [1.165, 1.54) is 18.0 Å². The number of carbonyl (C=O) groups excluding carboxylic acids is 1. The summed E-state index contributed by atoms with van der Waals surface area (Å²) < 4.78 is 7.36. The second-order valence-corrected chi connectivity index (χ2v) is 4.70. The Labute approximate surface area is 113 Å². The number of nitrogens with zero attached hydrogens (tertiary/aromatic N) is 2. The lowest BCUT2D eigenvalue weighted by Gasteiger charge is -2.06. The van der Waals surface area contributed by atoms with Crippen LogP contribution in [-0.2, 0) is 7.05 Å². The van der Waals surface area contributed by atoms with Crippen LogP contribution in [0.1, 0.15) is 16.1 Å². The van der Waals surface area contributed by atoms with Gasteiger partial charge in [0.25, 0.3) is 0 Å². The minimum atomic E-state index is -0.181. The molecule has 0 aliphatic heterocycles. The van der Waals surface area contributed by atoms with E-state index in [1.54, 1.807) is 25.2 Å². The molecule has 0 unspecified atom stereocenters. The van der Waals surface area contributed by atoms with E-state index in [1.807, 2.05) is 0 Å². The van der Waals surface area contributed by atoms with Gasteiger partial charge in [0.1, 0.15) is 0 Å². The molecular formula is C12H12BrN3O2. The Hall–Kier alpha value is -1.82. The van der Waals surface area contributed by atoms with Gasteiger partial charge >= 0.3 is 0 Å². The Bertz CT molecular complexity index is 587. The second-order valence-electron chi connectivity index (χ2n) is 3.79. The molecule has 0 spiro atoms. The van der Waals surface area contributed by atoms with Crippen molar-refractivity contribution in [3.05, 3.63) is 40.1 Å². The van der Waals surface area contributed by atoms with Crippen LogP contribution in [0.3, 0.4) is 0 Å². The number of benzene rings is 1. The van der Waals surface area contributed by atoms with E-state index in [0.717, 1.165) is 4.47 Å². The van der Waals surface area contributed by atoms with Crippen LogP contribution in [-0.4, -0.2) is 22.7 Å². The van der Waals surface area contributed by atoms with Crippen LogP contribution >= 0.6 is 15.9 Å².